The van der Waals surface area contributed by atoms with E-state index in [-0.39, 0.29) is 11.5 Å². The number of hydrogen-bond acceptors (Lipinski definition) is 2. The highest BCUT2D eigenvalue weighted by molar-refractivity contribution is 6.46. The molecule has 0 amide bonds. The SMILES string of the molecule is [H]/N=C1\N=CC=CC1=N. The standard InChI is InChI=1S/C5H5N3/c6-4-2-1-3-8-5(4)7/h1-3,6-7H/b6-4?,7-5-. The molecule has 0 aliphatic carbocycles. The van der Waals surface area contributed by atoms with Crippen LogP contribution in [0.25, 0.3) is 0 Å². The molecule has 0 aromatic heterocycles. The first-order chi connectivity index (χ1) is 4.34. The molecule has 1 rings (SSSR count). The molecule has 0 fully saturated rings. The highest BCUT2D eigenvalue weighted by Crippen LogP contribution is 1.87. The Balaban J connectivity index is 2.91. The van der Waals surface area contributed by atoms with Crippen molar-refractivity contribution in [1.82, 2.24) is 0 Å². The topological polar surface area (TPSA) is 60.1 Å². The maximum atomic E-state index is 7.09. The Bertz CT molecular complexity index is 214. The first kappa shape index (κ1) is 3.72. The van der Waals surface area contributed by atoms with Crippen molar-refractivity contribution in [2.45, 2.75) is 0 Å². The molecule has 2 N–H and O–H groups in total. The summed E-state index contributed by atoms with van der Waals surface area (Å²) in [4.78, 5) is 3.66. The average molecular weight is 107 g/mol. The summed E-state index contributed by atoms with van der Waals surface area (Å²) in [6, 6.07) is 0. The van der Waals surface area contributed by atoms with Crippen LogP contribution in [0.3, 0.4) is 0 Å². The van der Waals surface area contributed by atoms with E-state index in [9.17, 15) is 0 Å². The van der Waals surface area contributed by atoms with Gasteiger partial charge in [0.05, 0.1) is 5.71 Å². The van der Waals surface area contributed by atoms with Gasteiger partial charge in [-0.2, -0.15) is 0 Å². The predicted octanol–water partition coefficient (Wildman–Crippen LogP) is 0.624. The molecule has 1 aliphatic heterocycles. The van der Waals surface area contributed by atoms with Gasteiger partial charge in [0, 0.05) is 6.21 Å². The minimum Gasteiger partial charge on any atom is -0.297 e. The van der Waals surface area contributed by atoms with Gasteiger partial charge in [0.25, 0.3) is 0 Å². The van der Waals surface area contributed by atoms with E-state index in [0.29, 0.717) is 0 Å². The molecule has 0 aromatic rings. The van der Waals surface area contributed by atoms with Crippen LogP contribution in [-0.4, -0.2) is 17.8 Å². The fourth-order valence-corrected chi connectivity index (χ4v) is 0.397. The number of allylic oxidation sites excluding steroid dienone is 1. The molecule has 0 radical (unpaired) electrons. The monoisotopic (exact) mass is 107 g/mol. The third-order valence-corrected chi connectivity index (χ3v) is 0.787. The molecule has 3 heteroatoms. The Morgan fingerprint density at radius 1 is 1.75 bits per heavy atom. The maximum absolute atomic E-state index is 7.09. The summed E-state index contributed by atoms with van der Waals surface area (Å²) in [5.41, 5.74) is 0.188. The van der Waals surface area contributed by atoms with Crippen LogP contribution >= 0.6 is 0 Å². The molecular weight excluding hydrogens is 102 g/mol. The summed E-state index contributed by atoms with van der Waals surface area (Å²) in [5.74, 6) is 0.164. The summed E-state index contributed by atoms with van der Waals surface area (Å²) in [6.07, 6.45) is 4.68. The highest BCUT2D eigenvalue weighted by Gasteiger charge is 1.98. The highest BCUT2D eigenvalue weighted by atomic mass is 14.8. The van der Waals surface area contributed by atoms with E-state index in [1.165, 1.54) is 6.21 Å². The summed E-state index contributed by atoms with van der Waals surface area (Å²) in [7, 11) is 0. The maximum Gasteiger partial charge on any atom is 0.190 e. The van der Waals surface area contributed by atoms with E-state index in [4.69, 9.17) is 6.82 Å². The van der Waals surface area contributed by atoms with Crippen molar-refractivity contribution in [1.29, 1.82) is 10.8 Å². The van der Waals surface area contributed by atoms with Crippen molar-refractivity contribution < 1.29 is 1.41 Å². The summed E-state index contributed by atoms with van der Waals surface area (Å²) < 4.78 is 6.53. The third-order valence-electron chi connectivity index (χ3n) is 0.787. The number of nitrogens with zero attached hydrogens (tertiary/aromatic N) is 1. The lowest BCUT2D eigenvalue weighted by Crippen LogP contribution is -2.08. The normalized spacial score (nSPS) is 24.2. The van der Waals surface area contributed by atoms with Crippen molar-refractivity contribution in [2.75, 3.05) is 0 Å². The van der Waals surface area contributed by atoms with E-state index >= 15 is 0 Å². The molecule has 0 aromatic carbocycles. The fraction of sp³-hybridized carbons (Fsp3) is 0. The molecule has 0 bridgehead atoms. The average Bonchev–Trinajstić information content (AvgIpc) is 1.89. The molecule has 3 nitrogen and oxygen atoms in total. The van der Waals surface area contributed by atoms with Gasteiger partial charge in [-0.1, -0.05) is 0 Å². The van der Waals surface area contributed by atoms with Gasteiger partial charge in [0.1, 0.15) is 0 Å². The van der Waals surface area contributed by atoms with Gasteiger partial charge < -0.3 is 0 Å². The number of dihydropyridines is 1. The quantitative estimate of drug-likeness (QED) is 0.456. The smallest absolute Gasteiger partial charge is 0.190 e. The van der Waals surface area contributed by atoms with E-state index in [0.717, 1.165) is 0 Å². The van der Waals surface area contributed by atoms with Crippen molar-refractivity contribution in [2.24, 2.45) is 4.99 Å². The molecule has 0 saturated carbocycles. The molecule has 8 heavy (non-hydrogen) atoms. The van der Waals surface area contributed by atoms with Crippen LogP contribution in [-0.2, 0) is 0 Å². The molecule has 0 atom stereocenters. The summed E-state index contributed by atoms with van der Waals surface area (Å²) >= 11 is 0. The molecular formula is C5H5N3. The fourth-order valence-electron chi connectivity index (χ4n) is 0.397. The first-order valence-corrected chi connectivity index (χ1v) is 2.16. The first-order valence-electron chi connectivity index (χ1n) is 2.61. The van der Waals surface area contributed by atoms with Crippen LogP contribution in [0.2, 0.25) is 1.41 Å². The molecule has 0 spiro atoms. The number of rotatable bonds is 0. The van der Waals surface area contributed by atoms with Crippen molar-refractivity contribution >= 4 is 17.8 Å². The van der Waals surface area contributed by atoms with E-state index in [2.05, 4.69) is 10.4 Å². The number of aliphatic imine (C=N–C) groups is 1. The molecule has 0 unspecified atom stereocenters. The van der Waals surface area contributed by atoms with Gasteiger partial charge in [-0.15, -0.1) is 0 Å². The van der Waals surface area contributed by atoms with Crippen LogP contribution in [0.4, 0.5) is 0 Å². The van der Waals surface area contributed by atoms with Gasteiger partial charge in [-0.05, 0) is 12.2 Å². The van der Waals surface area contributed by atoms with Crippen LogP contribution in [0.15, 0.2) is 17.1 Å². The zero-order valence-corrected chi connectivity index (χ0v) is 4.13. The van der Waals surface area contributed by atoms with Crippen LogP contribution in [0, 0.1) is 10.8 Å². The van der Waals surface area contributed by atoms with Crippen LogP contribution in [0.1, 0.15) is 0 Å². The second-order valence-corrected chi connectivity index (χ2v) is 1.37. The zero-order valence-electron chi connectivity index (χ0n) is 5.13. The van der Waals surface area contributed by atoms with Crippen molar-refractivity contribution in [3.8, 4) is 0 Å². The largest absolute Gasteiger partial charge is 0.297 e. The Hall–Kier alpha value is -1.25. The second-order valence-electron chi connectivity index (χ2n) is 1.37. The van der Waals surface area contributed by atoms with Gasteiger partial charge in [-0.25, -0.2) is 4.99 Å². The predicted molar refractivity (Wildman–Crippen MR) is 33.1 cm³/mol. The van der Waals surface area contributed by atoms with Gasteiger partial charge in [0.2, 0.25) is 0 Å². The molecule has 1 heterocycles. The Morgan fingerprint density at radius 2 is 2.62 bits per heavy atom. The Kier molecular flexibility index (Phi) is 0.787. The second kappa shape index (κ2) is 1.69. The Labute approximate surface area is 48.2 Å². The summed E-state index contributed by atoms with van der Waals surface area (Å²) in [6.45, 7) is 0. The summed E-state index contributed by atoms with van der Waals surface area (Å²) in [5, 5.41) is 10.1. The lowest BCUT2D eigenvalue weighted by Gasteiger charge is -1.95. The minimum atomic E-state index is 0.164. The Morgan fingerprint density at radius 3 is 3.12 bits per heavy atom. The van der Waals surface area contributed by atoms with E-state index in [1.54, 1.807) is 12.2 Å². The number of nitrogens with one attached hydrogen (secondary N) is 2. The van der Waals surface area contributed by atoms with Crippen molar-refractivity contribution in [3.63, 3.8) is 0 Å². The molecule has 0 saturated heterocycles. The molecule has 1 aliphatic rings. The van der Waals surface area contributed by atoms with Gasteiger partial charge in [-0.3, -0.25) is 10.8 Å². The van der Waals surface area contributed by atoms with Gasteiger partial charge in [0.15, 0.2) is 7.25 Å². The van der Waals surface area contributed by atoms with Crippen LogP contribution < -0.4 is 0 Å². The lowest BCUT2D eigenvalue weighted by atomic mass is 10.3. The van der Waals surface area contributed by atoms with E-state index in [1.807, 2.05) is 0 Å². The van der Waals surface area contributed by atoms with E-state index < -0.39 is 0 Å². The van der Waals surface area contributed by atoms with Crippen molar-refractivity contribution in [3.05, 3.63) is 12.2 Å². The van der Waals surface area contributed by atoms with Gasteiger partial charge >= 0.3 is 0 Å². The third kappa shape index (κ3) is 0.703. The number of hydrogen-bond donors (Lipinski definition) is 2. The lowest BCUT2D eigenvalue weighted by molar-refractivity contribution is 1.44. The number of amidine groups is 1. The molecule has 40 valence electrons. The van der Waals surface area contributed by atoms with Crippen LogP contribution in [0.5, 0.6) is 0 Å². The minimum absolute atomic E-state index is 0.164. The zero-order chi connectivity index (χ0) is 6.69.